The van der Waals surface area contributed by atoms with Gasteiger partial charge in [-0.25, -0.2) is 11.0 Å². The molecule has 1 aliphatic heterocycles. The molecule has 0 fully saturated rings. The van der Waals surface area contributed by atoms with Crippen molar-refractivity contribution in [3.05, 3.63) is 39.2 Å². The van der Waals surface area contributed by atoms with Crippen LogP contribution in [0, 0.1) is 10.8 Å². The standard InChI is InChI=1S/C14H17Cl2N7O/c1-14(2,6-17)23-11(19)10(18)22(12-13(23)21-24-20-12)7-3-4-8(15)9(16)5-7/h3-5,18-21H,6,17H2,1-2H3. The number of rotatable bonds is 3. The lowest BCUT2D eigenvalue weighted by atomic mass is 10.1. The zero-order valence-electron chi connectivity index (χ0n) is 13.1. The number of benzene rings is 1. The normalized spacial score (nSPS) is 13.4. The zero-order valence-corrected chi connectivity index (χ0v) is 14.6. The highest BCUT2D eigenvalue weighted by Gasteiger charge is 2.29. The van der Waals surface area contributed by atoms with E-state index < -0.39 is 5.54 Å². The molecule has 6 N–H and O–H groups in total. The molecule has 3 rings (SSSR count). The van der Waals surface area contributed by atoms with Crippen LogP contribution in [-0.4, -0.2) is 15.7 Å². The largest absolute Gasteiger partial charge is 0.328 e. The van der Waals surface area contributed by atoms with Gasteiger partial charge in [-0.15, -0.1) is 0 Å². The summed E-state index contributed by atoms with van der Waals surface area (Å²) < 4.78 is 3.14. The van der Waals surface area contributed by atoms with Gasteiger partial charge in [-0.05, 0) is 32.0 Å². The summed E-state index contributed by atoms with van der Waals surface area (Å²) in [6, 6.07) is 4.97. The van der Waals surface area contributed by atoms with Gasteiger partial charge in [0, 0.05) is 6.54 Å². The maximum atomic E-state index is 8.44. The van der Waals surface area contributed by atoms with E-state index in [1.807, 2.05) is 13.8 Å². The summed E-state index contributed by atoms with van der Waals surface area (Å²) >= 11 is 12.1. The fourth-order valence-electron chi connectivity index (χ4n) is 2.54. The van der Waals surface area contributed by atoms with Gasteiger partial charge in [0.1, 0.15) is 0 Å². The van der Waals surface area contributed by atoms with Crippen molar-refractivity contribution in [2.24, 2.45) is 5.73 Å². The first kappa shape index (κ1) is 16.8. The summed E-state index contributed by atoms with van der Waals surface area (Å²) in [6.45, 7) is 4.05. The van der Waals surface area contributed by atoms with E-state index in [1.54, 1.807) is 22.8 Å². The van der Waals surface area contributed by atoms with Crippen molar-refractivity contribution >= 4 is 34.8 Å². The summed E-state index contributed by atoms with van der Waals surface area (Å²) in [5.41, 5.74) is 11.2. The molecule has 0 atom stereocenters. The number of hydrogen-bond donors (Lipinski definition) is 5. The van der Waals surface area contributed by atoms with Crippen molar-refractivity contribution in [3.63, 3.8) is 0 Å². The van der Waals surface area contributed by atoms with Gasteiger partial charge < -0.3 is 5.73 Å². The first-order valence-corrected chi connectivity index (χ1v) is 7.88. The Labute approximate surface area is 147 Å². The predicted octanol–water partition coefficient (Wildman–Crippen LogP) is 1.92. The molecular formula is C14H17Cl2N7O. The Bertz CT molecular complexity index is 932. The summed E-state index contributed by atoms with van der Waals surface area (Å²) in [5.74, 6) is 0.966. The maximum absolute atomic E-state index is 8.44. The van der Waals surface area contributed by atoms with E-state index in [0.717, 1.165) is 0 Å². The molecule has 1 aromatic carbocycles. The van der Waals surface area contributed by atoms with Gasteiger partial charge in [0.05, 0.1) is 21.3 Å². The third-order valence-electron chi connectivity index (χ3n) is 3.90. The average Bonchev–Trinajstić information content (AvgIpc) is 2.99. The number of hydrogen-bond acceptors (Lipinski definition) is 6. The quantitative estimate of drug-likeness (QED) is 0.567. The minimum absolute atomic E-state index is 0.0185. The fraction of sp³-hybridized carbons (Fsp3) is 0.286. The molecule has 0 unspecified atom stereocenters. The molecule has 0 saturated heterocycles. The van der Waals surface area contributed by atoms with E-state index in [1.165, 1.54) is 4.57 Å². The van der Waals surface area contributed by atoms with Gasteiger partial charge in [-0.2, -0.15) is 4.94 Å². The van der Waals surface area contributed by atoms with Crippen LogP contribution in [-0.2, 0) is 10.5 Å². The smallest absolute Gasteiger partial charge is 0.182 e. The summed E-state index contributed by atoms with van der Waals surface area (Å²) in [4.78, 5) is 5.11. The molecule has 0 bridgehead atoms. The molecule has 0 saturated carbocycles. The number of nitrogens with one attached hydrogen (secondary N) is 4. The first-order valence-electron chi connectivity index (χ1n) is 7.13. The maximum Gasteiger partial charge on any atom is 0.182 e. The molecule has 0 radical (unpaired) electrons. The van der Waals surface area contributed by atoms with Crippen LogP contribution in [0.5, 0.6) is 0 Å². The monoisotopic (exact) mass is 369 g/mol. The number of anilines is 2. The summed E-state index contributed by atoms with van der Waals surface area (Å²) in [6.07, 6.45) is 0. The number of fused-ring (bicyclic) bond motifs is 1. The van der Waals surface area contributed by atoms with Crippen molar-refractivity contribution in [2.75, 3.05) is 17.5 Å². The second kappa shape index (κ2) is 5.82. The van der Waals surface area contributed by atoms with Crippen LogP contribution in [0.15, 0.2) is 18.2 Å². The summed E-state index contributed by atoms with van der Waals surface area (Å²) in [5, 5.41) is 17.6. The lowest BCUT2D eigenvalue weighted by molar-refractivity contribution is 0.272. The van der Waals surface area contributed by atoms with Crippen LogP contribution in [0.3, 0.4) is 0 Å². The Morgan fingerprint density at radius 3 is 2.42 bits per heavy atom. The van der Waals surface area contributed by atoms with Gasteiger partial charge >= 0.3 is 0 Å². The topological polar surface area (TPSA) is 117 Å². The van der Waals surface area contributed by atoms with Crippen LogP contribution in [0.1, 0.15) is 13.8 Å². The van der Waals surface area contributed by atoms with Gasteiger partial charge in [0.25, 0.3) is 0 Å². The van der Waals surface area contributed by atoms with Gasteiger partial charge in [0.15, 0.2) is 22.6 Å². The Morgan fingerprint density at radius 2 is 1.79 bits per heavy atom. The van der Waals surface area contributed by atoms with Crippen LogP contribution < -0.4 is 27.7 Å². The molecule has 0 aliphatic carbocycles. The second-order valence-corrected chi connectivity index (χ2v) is 6.80. The Morgan fingerprint density at radius 1 is 1.12 bits per heavy atom. The van der Waals surface area contributed by atoms with Crippen LogP contribution in [0.4, 0.5) is 11.6 Å². The molecule has 24 heavy (non-hydrogen) atoms. The molecule has 0 amide bonds. The predicted molar refractivity (Wildman–Crippen MR) is 92.2 cm³/mol. The van der Waals surface area contributed by atoms with Crippen molar-refractivity contribution in [3.8, 4) is 5.69 Å². The molecule has 2 aromatic rings. The van der Waals surface area contributed by atoms with Gasteiger partial charge in [0.2, 0.25) is 0 Å². The fourth-order valence-corrected chi connectivity index (χ4v) is 2.83. The van der Waals surface area contributed by atoms with Crippen molar-refractivity contribution < 1.29 is 4.94 Å². The number of nitrogens with two attached hydrogens (primary N) is 1. The number of halogens is 2. The molecular weight excluding hydrogens is 353 g/mol. The lowest BCUT2D eigenvalue weighted by Crippen LogP contribution is -2.50. The van der Waals surface area contributed by atoms with Crippen LogP contribution >= 0.6 is 23.2 Å². The van der Waals surface area contributed by atoms with Crippen molar-refractivity contribution in [1.29, 1.82) is 10.8 Å². The molecule has 128 valence electrons. The number of nitrogens with zero attached hydrogens (tertiary/aromatic N) is 2. The van der Waals surface area contributed by atoms with Crippen LogP contribution in [0.25, 0.3) is 5.69 Å². The van der Waals surface area contributed by atoms with E-state index in [2.05, 4.69) is 11.0 Å². The Hall–Kier alpha value is -2.00. The number of aromatic nitrogens is 2. The Kier molecular flexibility index (Phi) is 4.08. The summed E-state index contributed by atoms with van der Waals surface area (Å²) in [7, 11) is 0. The molecule has 8 nitrogen and oxygen atoms in total. The SMILES string of the molecule is CC(C)(CN)n1c2c(n(-c3ccc(Cl)c(Cl)c3)c(=N)c1=N)NON2. The minimum atomic E-state index is -0.587. The van der Waals surface area contributed by atoms with E-state index >= 15 is 0 Å². The molecule has 10 heteroatoms. The Balaban J connectivity index is 2.37. The van der Waals surface area contributed by atoms with Crippen molar-refractivity contribution in [2.45, 2.75) is 19.4 Å². The van der Waals surface area contributed by atoms with E-state index in [4.69, 9.17) is 44.7 Å². The molecule has 1 aromatic heterocycles. The highest BCUT2D eigenvalue weighted by molar-refractivity contribution is 6.42. The molecule has 1 aliphatic rings. The third kappa shape index (κ3) is 2.48. The molecule has 2 heterocycles. The van der Waals surface area contributed by atoms with E-state index in [9.17, 15) is 0 Å². The van der Waals surface area contributed by atoms with E-state index in [-0.39, 0.29) is 17.5 Å². The highest BCUT2D eigenvalue weighted by Crippen LogP contribution is 2.31. The van der Waals surface area contributed by atoms with Gasteiger partial charge in [-0.1, -0.05) is 23.2 Å². The first-order chi connectivity index (χ1) is 11.3. The third-order valence-corrected chi connectivity index (χ3v) is 4.64. The van der Waals surface area contributed by atoms with Gasteiger partial charge in [-0.3, -0.25) is 20.0 Å². The minimum Gasteiger partial charge on any atom is -0.328 e. The van der Waals surface area contributed by atoms with Crippen molar-refractivity contribution in [1.82, 2.24) is 9.13 Å². The molecule has 0 spiro atoms. The average molecular weight is 370 g/mol. The van der Waals surface area contributed by atoms with E-state index in [0.29, 0.717) is 27.4 Å². The zero-order chi connectivity index (χ0) is 17.6. The van der Waals surface area contributed by atoms with Crippen LogP contribution in [0.2, 0.25) is 10.0 Å². The lowest BCUT2D eigenvalue weighted by Gasteiger charge is -2.29. The second-order valence-electron chi connectivity index (χ2n) is 5.99. The highest BCUT2D eigenvalue weighted by atomic mass is 35.5.